The van der Waals surface area contributed by atoms with Crippen LogP contribution >= 0.6 is 0 Å². The lowest BCUT2D eigenvalue weighted by Crippen LogP contribution is -2.19. The number of hydrogen-bond donors (Lipinski definition) is 2. The number of ether oxygens (including phenoxy) is 2. The van der Waals surface area contributed by atoms with Crippen molar-refractivity contribution in [2.75, 3.05) is 18.5 Å². The van der Waals surface area contributed by atoms with Crippen LogP contribution in [0.3, 0.4) is 0 Å². The number of hydrogen-bond acceptors (Lipinski definition) is 7. The van der Waals surface area contributed by atoms with Crippen molar-refractivity contribution in [2.24, 2.45) is 0 Å². The zero-order valence-corrected chi connectivity index (χ0v) is 19.6. The first-order valence-electron chi connectivity index (χ1n) is 11.7. The van der Waals surface area contributed by atoms with Gasteiger partial charge in [0.05, 0.1) is 24.7 Å². The van der Waals surface area contributed by atoms with E-state index in [9.17, 15) is 9.50 Å². The van der Waals surface area contributed by atoms with Crippen molar-refractivity contribution in [1.29, 1.82) is 0 Å². The predicted octanol–water partition coefficient (Wildman–Crippen LogP) is 4.11. The smallest absolute Gasteiger partial charge is 0.170 e. The molecule has 0 radical (unpaired) electrons. The Bertz CT molecular complexity index is 1430. The summed E-state index contributed by atoms with van der Waals surface area (Å²) in [6.45, 7) is 4.66. The third-order valence-electron chi connectivity index (χ3n) is 6.67. The van der Waals surface area contributed by atoms with Crippen LogP contribution < -0.4 is 14.8 Å². The Morgan fingerprint density at radius 3 is 2.83 bits per heavy atom. The number of benzene rings is 1. The number of nitrogens with zero attached hydrogens (tertiary/aromatic N) is 4. The minimum Gasteiger partial charge on any atom is -0.493 e. The van der Waals surface area contributed by atoms with Crippen LogP contribution in [0.5, 0.6) is 11.5 Å². The van der Waals surface area contributed by atoms with E-state index in [4.69, 9.17) is 9.47 Å². The van der Waals surface area contributed by atoms with Gasteiger partial charge in [-0.05, 0) is 51.0 Å². The highest BCUT2D eigenvalue weighted by Crippen LogP contribution is 2.42. The van der Waals surface area contributed by atoms with Gasteiger partial charge in [-0.1, -0.05) is 6.07 Å². The summed E-state index contributed by atoms with van der Waals surface area (Å²) in [7, 11) is 0. The summed E-state index contributed by atoms with van der Waals surface area (Å²) in [4.78, 5) is 4.60. The Hall–Kier alpha value is -3.72. The van der Waals surface area contributed by atoms with E-state index in [0.29, 0.717) is 54.6 Å². The second-order valence-electron chi connectivity index (χ2n) is 9.72. The van der Waals surface area contributed by atoms with E-state index in [1.165, 1.54) is 6.07 Å². The number of aliphatic hydroxyl groups is 1. The molecule has 4 aromatic rings. The van der Waals surface area contributed by atoms with Gasteiger partial charge in [0.2, 0.25) is 0 Å². The second kappa shape index (κ2) is 8.20. The average molecular weight is 476 g/mol. The molecule has 0 saturated heterocycles. The van der Waals surface area contributed by atoms with Gasteiger partial charge in [0.1, 0.15) is 17.9 Å². The molecule has 2 N–H and O–H groups in total. The van der Waals surface area contributed by atoms with Gasteiger partial charge in [0, 0.05) is 40.7 Å². The molecule has 8 nitrogen and oxygen atoms in total. The van der Waals surface area contributed by atoms with Gasteiger partial charge in [0.15, 0.2) is 17.2 Å². The highest BCUT2D eigenvalue weighted by Gasteiger charge is 2.32. The zero-order valence-electron chi connectivity index (χ0n) is 19.6. The molecule has 180 valence electrons. The highest BCUT2D eigenvalue weighted by molar-refractivity contribution is 5.83. The molecule has 6 rings (SSSR count). The molecule has 0 aliphatic carbocycles. The lowest BCUT2D eigenvalue weighted by atomic mass is 9.96. The molecule has 1 aromatic carbocycles. The number of fused-ring (bicyclic) bond motifs is 3. The van der Waals surface area contributed by atoms with E-state index in [0.717, 1.165) is 22.4 Å². The Morgan fingerprint density at radius 1 is 1.17 bits per heavy atom. The van der Waals surface area contributed by atoms with E-state index in [1.54, 1.807) is 32.4 Å². The molecular formula is C26H26FN5O3. The van der Waals surface area contributed by atoms with Crippen LogP contribution in [-0.4, -0.2) is 43.5 Å². The number of nitrogens with one attached hydrogen (secondary N) is 1. The summed E-state index contributed by atoms with van der Waals surface area (Å²) < 4.78 is 28.8. The lowest BCUT2D eigenvalue weighted by molar-refractivity contribution is 0.0711. The van der Waals surface area contributed by atoms with E-state index >= 15 is 0 Å². The molecule has 0 bridgehead atoms. The van der Waals surface area contributed by atoms with Gasteiger partial charge >= 0.3 is 0 Å². The van der Waals surface area contributed by atoms with Crippen LogP contribution in [0.2, 0.25) is 0 Å². The standard InChI is InChI=1S/C26H26FN5O3/c1-26(2,33)8-7-20-16(4-3-9-28-20)17-10-22-25(32-14-30-31-24(17)32)29-11-18-19(27)5-6-21-23(18)15(12-34-21)13-35-22/h3-6,9-10,14-15,29,33H,7-8,11-13H2,1-2H3/t15-/m0/s1. The average Bonchev–Trinajstić information content (AvgIpc) is 3.49. The SMILES string of the molecule is CC(C)(O)CCc1ncccc1-c1cc2c(n3cnnc13)NCc1c(F)ccc3c1[C@@H](CO3)CO2. The van der Waals surface area contributed by atoms with Crippen molar-refractivity contribution in [3.63, 3.8) is 0 Å². The van der Waals surface area contributed by atoms with E-state index in [2.05, 4.69) is 20.5 Å². The first-order chi connectivity index (χ1) is 16.9. The molecule has 0 spiro atoms. The Morgan fingerprint density at radius 2 is 2.00 bits per heavy atom. The molecule has 2 aliphatic rings. The van der Waals surface area contributed by atoms with Crippen LogP contribution in [-0.2, 0) is 13.0 Å². The largest absolute Gasteiger partial charge is 0.493 e. The predicted molar refractivity (Wildman–Crippen MR) is 128 cm³/mol. The summed E-state index contributed by atoms with van der Waals surface area (Å²) in [5, 5.41) is 22.1. The molecule has 0 saturated carbocycles. The molecule has 3 aromatic heterocycles. The number of pyridine rings is 2. The van der Waals surface area contributed by atoms with Gasteiger partial charge in [-0.3, -0.25) is 9.38 Å². The Balaban J connectivity index is 1.46. The van der Waals surface area contributed by atoms with Crippen molar-refractivity contribution < 1.29 is 19.0 Å². The lowest BCUT2D eigenvalue weighted by Gasteiger charge is -2.19. The molecular weight excluding hydrogens is 449 g/mol. The van der Waals surface area contributed by atoms with Gasteiger partial charge < -0.3 is 19.9 Å². The van der Waals surface area contributed by atoms with Crippen LogP contribution in [0.1, 0.15) is 43.0 Å². The van der Waals surface area contributed by atoms with Crippen LogP contribution in [0.4, 0.5) is 10.2 Å². The fourth-order valence-corrected chi connectivity index (χ4v) is 4.89. The zero-order chi connectivity index (χ0) is 24.2. The highest BCUT2D eigenvalue weighted by atomic mass is 19.1. The minimum absolute atomic E-state index is 0.0655. The molecule has 5 heterocycles. The normalized spacial score (nSPS) is 16.9. The molecule has 0 fully saturated rings. The van der Waals surface area contributed by atoms with E-state index in [-0.39, 0.29) is 18.3 Å². The fourth-order valence-electron chi connectivity index (χ4n) is 4.89. The van der Waals surface area contributed by atoms with Gasteiger partial charge in [0.25, 0.3) is 0 Å². The summed E-state index contributed by atoms with van der Waals surface area (Å²) >= 11 is 0. The van der Waals surface area contributed by atoms with Crippen molar-refractivity contribution in [3.8, 4) is 22.6 Å². The maximum atomic E-state index is 14.8. The Kier molecular flexibility index (Phi) is 5.10. The molecule has 35 heavy (non-hydrogen) atoms. The third kappa shape index (κ3) is 3.85. The second-order valence-corrected chi connectivity index (χ2v) is 9.72. The van der Waals surface area contributed by atoms with Crippen molar-refractivity contribution in [2.45, 2.75) is 44.8 Å². The third-order valence-corrected chi connectivity index (χ3v) is 6.67. The van der Waals surface area contributed by atoms with Crippen molar-refractivity contribution >= 4 is 11.5 Å². The maximum Gasteiger partial charge on any atom is 0.170 e. The minimum atomic E-state index is -0.803. The number of aromatic nitrogens is 4. The number of rotatable bonds is 4. The van der Waals surface area contributed by atoms with Gasteiger partial charge in [-0.25, -0.2) is 4.39 Å². The summed E-state index contributed by atoms with van der Waals surface area (Å²) in [5.41, 5.74) is 3.88. The quantitative estimate of drug-likeness (QED) is 0.459. The molecule has 1 atom stereocenters. The topological polar surface area (TPSA) is 93.8 Å². The fraction of sp³-hybridized carbons (Fsp3) is 0.346. The number of aryl methyl sites for hydroxylation is 1. The summed E-state index contributed by atoms with van der Waals surface area (Å²) in [5.74, 6) is 1.66. The first-order valence-corrected chi connectivity index (χ1v) is 11.7. The van der Waals surface area contributed by atoms with Crippen molar-refractivity contribution in [1.82, 2.24) is 19.6 Å². The molecule has 0 amide bonds. The van der Waals surface area contributed by atoms with Crippen LogP contribution in [0.25, 0.3) is 16.8 Å². The van der Waals surface area contributed by atoms with Crippen LogP contribution in [0.15, 0.2) is 42.9 Å². The first kappa shape index (κ1) is 21.8. The molecule has 0 unspecified atom stereocenters. The Labute approximate surface area is 201 Å². The van der Waals surface area contributed by atoms with E-state index < -0.39 is 5.60 Å². The molecule has 9 heteroatoms. The molecule has 2 aliphatic heterocycles. The van der Waals surface area contributed by atoms with Crippen molar-refractivity contribution in [3.05, 3.63) is 65.5 Å². The van der Waals surface area contributed by atoms with E-state index in [1.807, 2.05) is 22.6 Å². The van der Waals surface area contributed by atoms with Gasteiger partial charge in [-0.2, -0.15) is 0 Å². The van der Waals surface area contributed by atoms with Crippen LogP contribution in [0, 0.1) is 5.82 Å². The summed E-state index contributed by atoms with van der Waals surface area (Å²) in [6.07, 6.45) is 4.55. The van der Waals surface area contributed by atoms with Gasteiger partial charge in [-0.15, -0.1) is 10.2 Å². The summed E-state index contributed by atoms with van der Waals surface area (Å²) in [6, 6.07) is 8.96. The number of anilines is 1. The monoisotopic (exact) mass is 475 g/mol. The number of halogens is 1. The maximum absolute atomic E-state index is 14.8.